The number of rotatable bonds is 8. The van der Waals surface area contributed by atoms with E-state index in [4.69, 9.17) is 14.2 Å². The average Bonchev–Trinajstić information content (AvgIpc) is 2.66. The molecule has 25 heavy (non-hydrogen) atoms. The zero-order chi connectivity index (χ0) is 18.1. The summed E-state index contributed by atoms with van der Waals surface area (Å²) in [6.45, 7) is 0.930. The Hall–Kier alpha value is -2.89. The van der Waals surface area contributed by atoms with E-state index in [-0.39, 0.29) is 6.03 Å². The summed E-state index contributed by atoms with van der Waals surface area (Å²) in [6.07, 6.45) is 0.753. The normalized spacial score (nSPS) is 10.0. The molecule has 2 aromatic carbocycles. The number of ether oxygens (including phenoxy) is 3. The van der Waals surface area contributed by atoms with Crippen molar-refractivity contribution in [2.75, 3.05) is 27.9 Å². The molecule has 0 saturated heterocycles. The summed E-state index contributed by atoms with van der Waals surface area (Å²) < 4.78 is 15.6. The minimum Gasteiger partial charge on any atom is -0.497 e. The Kier molecular flexibility index (Phi) is 6.95. The van der Waals surface area contributed by atoms with E-state index >= 15 is 0 Å². The molecule has 2 N–H and O–H groups in total. The highest BCUT2D eigenvalue weighted by Crippen LogP contribution is 2.24. The van der Waals surface area contributed by atoms with E-state index in [1.807, 2.05) is 36.4 Å². The first-order chi connectivity index (χ1) is 12.2. The largest absolute Gasteiger partial charge is 0.497 e. The molecule has 0 aliphatic heterocycles. The lowest BCUT2D eigenvalue weighted by Crippen LogP contribution is -2.36. The molecule has 0 atom stereocenters. The van der Waals surface area contributed by atoms with Crippen molar-refractivity contribution in [3.8, 4) is 17.2 Å². The number of hydrogen-bond donors (Lipinski definition) is 2. The molecule has 0 spiro atoms. The number of methoxy groups -OCH3 is 3. The van der Waals surface area contributed by atoms with Crippen LogP contribution in [0.15, 0.2) is 42.5 Å². The van der Waals surface area contributed by atoms with Crippen molar-refractivity contribution in [1.29, 1.82) is 0 Å². The second kappa shape index (κ2) is 9.42. The third-order valence-corrected chi connectivity index (χ3v) is 3.79. The molecule has 0 bridgehead atoms. The summed E-state index contributed by atoms with van der Waals surface area (Å²) >= 11 is 0. The van der Waals surface area contributed by atoms with Crippen LogP contribution >= 0.6 is 0 Å². The van der Waals surface area contributed by atoms with Gasteiger partial charge < -0.3 is 24.8 Å². The van der Waals surface area contributed by atoms with Crippen molar-refractivity contribution in [3.63, 3.8) is 0 Å². The van der Waals surface area contributed by atoms with Crippen molar-refractivity contribution in [2.24, 2.45) is 0 Å². The zero-order valence-electron chi connectivity index (χ0n) is 14.8. The number of amides is 2. The second-order valence-corrected chi connectivity index (χ2v) is 5.39. The van der Waals surface area contributed by atoms with Crippen molar-refractivity contribution >= 4 is 6.03 Å². The van der Waals surface area contributed by atoms with Gasteiger partial charge in [-0.05, 0) is 36.2 Å². The topological polar surface area (TPSA) is 68.8 Å². The summed E-state index contributed by atoms with van der Waals surface area (Å²) in [4.78, 5) is 11.9. The first kappa shape index (κ1) is 18.4. The molecule has 134 valence electrons. The lowest BCUT2D eigenvalue weighted by molar-refractivity contribution is 0.240. The van der Waals surface area contributed by atoms with E-state index in [2.05, 4.69) is 10.6 Å². The van der Waals surface area contributed by atoms with Crippen LogP contribution in [-0.4, -0.2) is 33.9 Å². The molecule has 0 saturated carbocycles. The van der Waals surface area contributed by atoms with Crippen LogP contribution in [0.4, 0.5) is 4.79 Å². The molecule has 0 aliphatic rings. The van der Waals surface area contributed by atoms with Crippen LogP contribution in [0.25, 0.3) is 0 Å². The quantitative estimate of drug-likeness (QED) is 0.773. The molecule has 0 unspecified atom stereocenters. The van der Waals surface area contributed by atoms with Gasteiger partial charge in [0.15, 0.2) is 0 Å². The molecule has 2 rings (SSSR count). The Balaban J connectivity index is 1.76. The van der Waals surface area contributed by atoms with Gasteiger partial charge in [0.2, 0.25) is 0 Å². The molecule has 0 radical (unpaired) electrons. The maximum Gasteiger partial charge on any atom is 0.315 e. The highest BCUT2D eigenvalue weighted by Gasteiger charge is 2.07. The first-order valence-corrected chi connectivity index (χ1v) is 8.01. The molecule has 2 aromatic rings. The second-order valence-electron chi connectivity index (χ2n) is 5.39. The number of nitrogens with one attached hydrogen (secondary N) is 2. The summed E-state index contributed by atoms with van der Waals surface area (Å²) in [7, 11) is 4.83. The zero-order valence-corrected chi connectivity index (χ0v) is 14.8. The van der Waals surface area contributed by atoms with E-state index in [0.29, 0.717) is 24.6 Å². The maximum absolute atomic E-state index is 11.9. The van der Waals surface area contributed by atoms with E-state index in [1.54, 1.807) is 27.4 Å². The maximum atomic E-state index is 11.9. The predicted octanol–water partition coefficient (Wildman–Crippen LogP) is 2.75. The Morgan fingerprint density at radius 3 is 2.20 bits per heavy atom. The average molecular weight is 344 g/mol. The van der Waals surface area contributed by atoms with Gasteiger partial charge in [0.1, 0.15) is 17.2 Å². The molecule has 0 heterocycles. The van der Waals surface area contributed by atoms with Gasteiger partial charge in [-0.3, -0.25) is 0 Å². The van der Waals surface area contributed by atoms with Crippen LogP contribution in [0.3, 0.4) is 0 Å². The van der Waals surface area contributed by atoms with Gasteiger partial charge in [-0.25, -0.2) is 4.79 Å². The molecule has 6 nitrogen and oxygen atoms in total. The fourth-order valence-electron chi connectivity index (χ4n) is 2.35. The van der Waals surface area contributed by atoms with E-state index in [9.17, 15) is 4.79 Å². The summed E-state index contributed by atoms with van der Waals surface area (Å²) in [6, 6.07) is 13.1. The van der Waals surface area contributed by atoms with Crippen molar-refractivity contribution in [2.45, 2.75) is 13.0 Å². The number of benzene rings is 2. The molecule has 6 heteroatoms. The third-order valence-electron chi connectivity index (χ3n) is 3.79. The van der Waals surface area contributed by atoms with Crippen LogP contribution in [0.2, 0.25) is 0 Å². The van der Waals surface area contributed by atoms with E-state index in [1.165, 1.54) is 0 Å². The predicted molar refractivity (Wildman–Crippen MR) is 96.5 cm³/mol. The Morgan fingerprint density at radius 1 is 0.880 bits per heavy atom. The van der Waals surface area contributed by atoms with Gasteiger partial charge in [-0.2, -0.15) is 0 Å². The summed E-state index contributed by atoms with van der Waals surface area (Å²) in [5.74, 6) is 2.21. The van der Waals surface area contributed by atoms with Gasteiger partial charge in [-0.1, -0.05) is 12.1 Å². The smallest absolute Gasteiger partial charge is 0.315 e. The first-order valence-electron chi connectivity index (χ1n) is 8.01. The van der Waals surface area contributed by atoms with E-state index in [0.717, 1.165) is 23.3 Å². The highest BCUT2D eigenvalue weighted by atomic mass is 16.5. The van der Waals surface area contributed by atoms with E-state index < -0.39 is 0 Å². The van der Waals surface area contributed by atoms with Gasteiger partial charge in [-0.15, -0.1) is 0 Å². The fourth-order valence-corrected chi connectivity index (χ4v) is 2.35. The van der Waals surface area contributed by atoms with Crippen molar-refractivity contribution < 1.29 is 19.0 Å². The van der Waals surface area contributed by atoms with Crippen molar-refractivity contribution in [1.82, 2.24) is 10.6 Å². The minimum atomic E-state index is -0.216. The van der Waals surface area contributed by atoms with Crippen molar-refractivity contribution in [3.05, 3.63) is 53.6 Å². The number of hydrogen-bond acceptors (Lipinski definition) is 4. The SMILES string of the molecule is COc1ccc(CCNC(=O)NCc2ccc(OC)cc2OC)cc1. The molecule has 2 amide bonds. The van der Waals surface area contributed by atoms with Gasteiger partial charge in [0.05, 0.1) is 21.3 Å². The molecule has 0 aromatic heterocycles. The standard InChI is InChI=1S/C19H24N2O4/c1-23-16-7-4-14(5-8-16)10-11-20-19(22)21-13-15-6-9-17(24-2)12-18(15)25-3/h4-9,12H,10-11,13H2,1-3H3,(H2,20,21,22). The number of urea groups is 1. The summed E-state index contributed by atoms with van der Waals surface area (Å²) in [5.41, 5.74) is 2.02. The summed E-state index contributed by atoms with van der Waals surface area (Å²) in [5, 5.41) is 5.67. The van der Waals surface area contributed by atoms with Crippen LogP contribution in [0.1, 0.15) is 11.1 Å². The monoisotopic (exact) mass is 344 g/mol. The van der Waals surface area contributed by atoms with Crippen LogP contribution < -0.4 is 24.8 Å². The van der Waals surface area contributed by atoms with Crippen LogP contribution in [0, 0.1) is 0 Å². The Bertz CT molecular complexity index is 686. The van der Waals surface area contributed by atoms with Gasteiger partial charge in [0.25, 0.3) is 0 Å². The Labute approximate surface area is 148 Å². The van der Waals surface area contributed by atoms with Crippen LogP contribution in [-0.2, 0) is 13.0 Å². The third kappa shape index (κ3) is 5.60. The molecular formula is C19H24N2O4. The number of carbonyl (C=O) groups excluding carboxylic acids is 1. The fraction of sp³-hybridized carbons (Fsp3) is 0.316. The van der Waals surface area contributed by atoms with Gasteiger partial charge in [0, 0.05) is 24.7 Å². The molecule has 0 aliphatic carbocycles. The minimum absolute atomic E-state index is 0.216. The Morgan fingerprint density at radius 2 is 1.56 bits per heavy atom. The lowest BCUT2D eigenvalue weighted by atomic mass is 10.1. The number of carbonyl (C=O) groups is 1. The van der Waals surface area contributed by atoms with Gasteiger partial charge >= 0.3 is 6.03 Å². The lowest BCUT2D eigenvalue weighted by Gasteiger charge is -2.12. The van der Waals surface area contributed by atoms with Crippen LogP contribution in [0.5, 0.6) is 17.2 Å². The highest BCUT2D eigenvalue weighted by molar-refractivity contribution is 5.73. The molecular weight excluding hydrogens is 320 g/mol. The molecule has 0 fully saturated rings.